The van der Waals surface area contributed by atoms with Crippen LogP contribution in [0.4, 0.5) is 0 Å². The molecule has 2 nitrogen and oxygen atoms in total. The molecule has 1 saturated heterocycles. The van der Waals surface area contributed by atoms with Gasteiger partial charge in [0, 0.05) is 5.41 Å². The van der Waals surface area contributed by atoms with Crippen LogP contribution in [-0.2, 0) is 9.47 Å². The molecular formula is C15H28O2. The van der Waals surface area contributed by atoms with Crippen LogP contribution in [0.25, 0.3) is 0 Å². The van der Waals surface area contributed by atoms with Crippen molar-refractivity contribution in [1.29, 1.82) is 0 Å². The molecule has 2 rings (SSSR count). The van der Waals surface area contributed by atoms with Crippen LogP contribution < -0.4 is 0 Å². The van der Waals surface area contributed by atoms with Gasteiger partial charge in [-0.15, -0.1) is 0 Å². The average Bonchev–Trinajstić information content (AvgIpc) is 2.40. The standard InChI is InChI=1S/C15H28O2/c1-4-12-6-8-13(9-7-12)15(3)10-16-14(5-2)17-11-15/h12-14H,4-11H2,1-3H3/t12?,13?,14-,15+. The van der Waals surface area contributed by atoms with Crippen molar-refractivity contribution in [2.24, 2.45) is 17.3 Å². The van der Waals surface area contributed by atoms with Gasteiger partial charge in [0.2, 0.25) is 0 Å². The topological polar surface area (TPSA) is 18.5 Å². The summed E-state index contributed by atoms with van der Waals surface area (Å²) in [6.07, 6.45) is 7.95. The van der Waals surface area contributed by atoms with Crippen LogP contribution >= 0.6 is 0 Å². The molecule has 0 radical (unpaired) electrons. The van der Waals surface area contributed by atoms with E-state index in [0.29, 0.717) is 0 Å². The smallest absolute Gasteiger partial charge is 0.157 e. The van der Waals surface area contributed by atoms with E-state index in [9.17, 15) is 0 Å². The molecule has 0 amide bonds. The lowest BCUT2D eigenvalue weighted by Crippen LogP contribution is -2.45. The summed E-state index contributed by atoms with van der Waals surface area (Å²) in [5.41, 5.74) is 0.268. The summed E-state index contributed by atoms with van der Waals surface area (Å²) in [6.45, 7) is 8.60. The molecule has 17 heavy (non-hydrogen) atoms. The maximum atomic E-state index is 5.83. The van der Waals surface area contributed by atoms with Crippen molar-refractivity contribution in [3.8, 4) is 0 Å². The van der Waals surface area contributed by atoms with Gasteiger partial charge in [0.05, 0.1) is 13.2 Å². The van der Waals surface area contributed by atoms with E-state index in [0.717, 1.165) is 31.5 Å². The molecule has 1 aliphatic carbocycles. The Morgan fingerprint density at radius 2 is 1.53 bits per heavy atom. The van der Waals surface area contributed by atoms with E-state index in [2.05, 4.69) is 20.8 Å². The third-order valence-corrected chi connectivity index (χ3v) is 4.94. The summed E-state index contributed by atoms with van der Waals surface area (Å²) >= 11 is 0. The largest absolute Gasteiger partial charge is 0.352 e. The fourth-order valence-electron chi connectivity index (χ4n) is 3.40. The Hall–Kier alpha value is -0.0800. The molecule has 0 aromatic rings. The lowest BCUT2D eigenvalue weighted by Gasteiger charge is -2.45. The highest BCUT2D eigenvalue weighted by molar-refractivity contribution is 4.87. The van der Waals surface area contributed by atoms with Gasteiger partial charge in [0.1, 0.15) is 0 Å². The molecule has 2 fully saturated rings. The molecule has 0 atom stereocenters. The van der Waals surface area contributed by atoms with Crippen molar-refractivity contribution < 1.29 is 9.47 Å². The first-order chi connectivity index (χ1) is 8.18. The van der Waals surface area contributed by atoms with Gasteiger partial charge in [-0.25, -0.2) is 0 Å². The summed E-state index contributed by atoms with van der Waals surface area (Å²) in [5.74, 6) is 1.78. The third-order valence-electron chi connectivity index (χ3n) is 4.94. The number of hydrogen-bond acceptors (Lipinski definition) is 2. The molecule has 1 saturated carbocycles. The van der Waals surface area contributed by atoms with Crippen LogP contribution in [0.2, 0.25) is 0 Å². The fourth-order valence-corrected chi connectivity index (χ4v) is 3.40. The maximum Gasteiger partial charge on any atom is 0.157 e. The van der Waals surface area contributed by atoms with Crippen molar-refractivity contribution >= 4 is 0 Å². The maximum absolute atomic E-state index is 5.83. The Labute approximate surface area is 106 Å². The van der Waals surface area contributed by atoms with Gasteiger partial charge >= 0.3 is 0 Å². The first kappa shape index (κ1) is 13.4. The van der Waals surface area contributed by atoms with E-state index < -0.39 is 0 Å². The first-order valence-corrected chi connectivity index (χ1v) is 7.41. The molecule has 1 aliphatic heterocycles. The second-order valence-electron chi connectivity index (χ2n) is 6.24. The Morgan fingerprint density at radius 1 is 0.941 bits per heavy atom. The van der Waals surface area contributed by atoms with E-state index in [4.69, 9.17) is 9.47 Å². The summed E-state index contributed by atoms with van der Waals surface area (Å²) in [5, 5.41) is 0. The highest BCUT2D eigenvalue weighted by atomic mass is 16.7. The van der Waals surface area contributed by atoms with Crippen molar-refractivity contribution in [2.75, 3.05) is 13.2 Å². The SMILES string of the molecule is CCC1CCC([C@]2(C)CO[C@H](CC)OC2)CC1. The Bertz CT molecular complexity index is 223. The van der Waals surface area contributed by atoms with E-state index >= 15 is 0 Å². The van der Waals surface area contributed by atoms with Crippen LogP contribution in [-0.4, -0.2) is 19.5 Å². The van der Waals surface area contributed by atoms with Crippen LogP contribution in [0.5, 0.6) is 0 Å². The second kappa shape index (κ2) is 5.71. The Balaban J connectivity index is 1.85. The zero-order chi connectivity index (χ0) is 12.3. The predicted octanol–water partition coefficient (Wildman–Crippen LogP) is 3.99. The normalized spacial score (nSPS) is 43.6. The number of hydrogen-bond donors (Lipinski definition) is 0. The number of rotatable bonds is 3. The summed E-state index contributed by atoms with van der Waals surface area (Å²) in [7, 11) is 0. The van der Waals surface area contributed by atoms with E-state index in [1.54, 1.807) is 0 Å². The van der Waals surface area contributed by atoms with Gasteiger partial charge in [-0.1, -0.05) is 40.0 Å². The highest BCUT2D eigenvalue weighted by Gasteiger charge is 2.40. The molecule has 100 valence electrons. The molecule has 0 aromatic heterocycles. The fraction of sp³-hybridized carbons (Fsp3) is 1.00. The molecule has 0 spiro atoms. The predicted molar refractivity (Wildman–Crippen MR) is 69.8 cm³/mol. The highest BCUT2D eigenvalue weighted by Crippen LogP contribution is 2.43. The number of ether oxygens (including phenoxy) is 2. The van der Waals surface area contributed by atoms with Gasteiger partial charge < -0.3 is 9.47 Å². The lowest BCUT2D eigenvalue weighted by molar-refractivity contribution is -0.239. The third kappa shape index (κ3) is 3.03. The minimum absolute atomic E-state index is 0.0510. The van der Waals surface area contributed by atoms with Crippen molar-refractivity contribution in [2.45, 2.75) is 65.6 Å². The van der Waals surface area contributed by atoms with Crippen LogP contribution in [0.15, 0.2) is 0 Å². The molecule has 2 heteroatoms. The minimum atomic E-state index is 0.0510. The zero-order valence-corrected chi connectivity index (χ0v) is 11.7. The molecular weight excluding hydrogens is 212 g/mol. The van der Waals surface area contributed by atoms with Crippen molar-refractivity contribution in [3.05, 3.63) is 0 Å². The van der Waals surface area contributed by atoms with E-state index in [-0.39, 0.29) is 11.7 Å². The summed E-state index contributed by atoms with van der Waals surface area (Å²) < 4.78 is 11.7. The average molecular weight is 240 g/mol. The monoisotopic (exact) mass is 240 g/mol. The van der Waals surface area contributed by atoms with Gasteiger partial charge in [0.15, 0.2) is 6.29 Å². The van der Waals surface area contributed by atoms with E-state index in [1.165, 1.54) is 32.1 Å². The molecule has 0 N–H and O–H groups in total. The van der Waals surface area contributed by atoms with Crippen LogP contribution in [0.3, 0.4) is 0 Å². The molecule has 0 bridgehead atoms. The Kier molecular flexibility index (Phi) is 4.48. The summed E-state index contributed by atoms with van der Waals surface area (Å²) in [4.78, 5) is 0. The van der Waals surface area contributed by atoms with E-state index in [1.807, 2.05) is 0 Å². The molecule has 0 aromatic carbocycles. The second-order valence-corrected chi connectivity index (χ2v) is 6.24. The Morgan fingerprint density at radius 3 is 2.00 bits per heavy atom. The zero-order valence-electron chi connectivity index (χ0n) is 11.7. The van der Waals surface area contributed by atoms with Gasteiger partial charge in [-0.2, -0.15) is 0 Å². The quantitative estimate of drug-likeness (QED) is 0.742. The first-order valence-electron chi connectivity index (χ1n) is 7.41. The van der Waals surface area contributed by atoms with Crippen LogP contribution in [0.1, 0.15) is 59.3 Å². The van der Waals surface area contributed by atoms with Gasteiger partial charge in [-0.05, 0) is 31.1 Å². The van der Waals surface area contributed by atoms with Crippen LogP contribution in [0, 0.1) is 17.3 Å². The minimum Gasteiger partial charge on any atom is -0.352 e. The van der Waals surface area contributed by atoms with Gasteiger partial charge in [-0.3, -0.25) is 0 Å². The summed E-state index contributed by atoms with van der Waals surface area (Å²) in [6, 6.07) is 0. The van der Waals surface area contributed by atoms with Crippen molar-refractivity contribution in [1.82, 2.24) is 0 Å². The van der Waals surface area contributed by atoms with Gasteiger partial charge in [0.25, 0.3) is 0 Å². The molecule has 1 heterocycles. The van der Waals surface area contributed by atoms with Crippen molar-refractivity contribution in [3.63, 3.8) is 0 Å². The molecule has 2 aliphatic rings. The lowest BCUT2D eigenvalue weighted by atomic mass is 9.68. The molecule has 0 unspecified atom stereocenters.